The van der Waals surface area contributed by atoms with Gasteiger partial charge in [-0.25, -0.2) is 0 Å². The molecule has 25 heavy (non-hydrogen) atoms. The fourth-order valence-corrected chi connectivity index (χ4v) is 2.99. The van der Waals surface area contributed by atoms with Crippen molar-refractivity contribution in [3.8, 4) is 17.1 Å². The van der Waals surface area contributed by atoms with Crippen LogP contribution >= 0.6 is 0 Å². The smallest absolute Gasteiger partial charge is 0.232 e. The van der Waals surface area contributed by atoms with Crippen molar-refractivity contribution in [1.29, 1.82) is 0 Å². The van der Waals surface area contributed by atoms with Gasteiger partial charge in [-0.1, -0.05) is 35.5 Å². The van der Waals surface area contributed by atoms with Gasteiger partial charge >= 0.3 is 0 Å². The van der Waals surface area contributed by atoms with E-state index in [0.717, 1.165) is 17.0 Å². The van der Waals surface area contributed by atoms with Gasteiger partial charge in [-0.3, -0.25) is 4.79 Å². The SMILES string of the molecule is COc1ccc(N2C[C@H](c3nc(-c4ccccc4)no3)CC2=O)cc1. The van der Waals surface area contributed by atoms with Gasteiger partial charge in [-0.2, -0.15) is 4.98 Å². The Morgan fingerprint density at radius 2 is 1.88 bits per heavy atom. The van der Waals surface area contributed by atoms with Crippen LogP contribution < -0.4 is 9.64 Å². The zero-order valence-corrected chi connectivity index (χ0v) is 13.8. The first-order valence-electron chi connectivity index (χ1n) is 8.08. The van der Waals surface area contributed by atoms with Gasteiger partial charge in [0.05, 0.1) is 13.0 Å². The number of methoxy groups -OCH3 is 1. The molecule has 1 fully saturated rings. The third kappa shape index (κ3) is 2.98. The van der Waals surface area contributed by atoms with E-state index in [9.17, 15) is 4.79 Å². The molecule has 1 atom stereocenters. The van der Waals surface area contributed by atoms with Gasteiger partial charge in [0.1, 0.15) is 5.75 Å². The minimum absolute atomic E-state index is 0.0506. The highest BCUT2D eigenvalue weighted by atomic mass is 16.5. The van der Waals surface area contributed by atoms with Crippen LogP contribution in [0.2, 0.25) is 0 Å². The lowest BCUT2D eigenvalue weighted by Crippen LogP contribution is -2.24. The van der Waals surface area contributed by atoms with Crippen LogP contribution in [0.1, 0.15) is 18.2 Å². The van der Waals surface area contributed by atoms with Crippen molar-refractivity contribution in [2.75, 3.05) is 18.6 Å². The number of amides is 1. The molecule has 1 aliphatic rings. The van der Waals surface area contributed by atoms with Crippen LogP contribution in [0.15, 0.2) is 59.1 Å². The van der Waals surface area contributed by atoms with E-state index in [1.54, 1.807) is 12.0 Å². The first-order chi connectivity index (χ1) is 12.2. The highest BCUT2D eigenvalue weighted by molar-refractivity contribution is 5.96. The lowest BCUT2D eigenvalue weighted by atomic mass is 10.1. The predicted octanol–water partition coefficient (Wildman–Crippen LogP) is 3.27. The van der Waals surface area contributed by atoms with Crippen molar-refractivity contribution in [3.63, 3.8) is 0 Å². The molecule has 0 aliphatic carbocycles. The Kier molecular flexibility index (Phi) is 3.93. The number of hydrogen-bond donors (Lipinski definition) is 0. The molecule has 1 saturated heterocycles. The molecule has 4 rings (SSSR count). The van der Waals surface area contributed by atoms with Crippen LogP contribution in [0.5, 0.6) is 5.75 Å². The summed E-state index contributed by atoms with van der Waals surface area (Å²) in [4.78, 5) is 18.6. The summed E-state index contributed by atoms with van der Waals surface area (Å²) >= 11 is 0. The molecule has 2 heterocycles. The summed E-state index contributed by atoms with van der Waals surface area (Å²) in [5.74, 6) is 1.76. The number of aromatic nitrogens is 2. The van der Waals surface area contributed by atoms with Gasteiger partial charge in [0.25, 0.3) is 0 Å². The summed E-state index contributed by atoms with van der Waals surface area (Å²) in [5, 5.41) is 4.04. The number of carbonyl (C=O) groups excluding carboxylic acids is 1. The highest BCUT2D eigenvalue weighted by Crippen LogP contribution is 2.32. The summed E-state index contributed by atoms with van der Waals surface area (Å²) in [6, 6.07) is 17.1. The second kappa shape index (κ2) is 6.39. The van der Waals surface area contributed by atoms with Gasteiger partial charge in [-0.15, -0.1) is 0 Å². The van der Waals surface area contributed by atoms with E-state index in [1.807, 2.05) is 54.6 Å². The van der Waals surface area contributed by atoms with E-state index in [-0.39, 0.29) is 11.8 Å². The molecule has 3 aromatic rings. The van der Waals surface area contributed by atoms with Crippen LogP contribution in [0.25, 0.3) is 11.4 Å². The van der Waals surface area contributed by atoms with E-state index < -0.39 is 0 Å². The summed E-state index contributed by atoms with van der Waals surface area (Å²) in [6.07, 6.45) is 0.364. The number of anilines is 1. The number of hydrogen-bond acceptors (Lipinski definition) is 5. The van der Waals surface area contributed by atoms with Crippen molar-refractivity contribution in [1.82, 2.24) is 10.1 Å². The molecule has 6 heteroatoms. The standard InChI is InChI=1S/C19H17N3O3/c1-24-16-9-7-15(8-10-16)22-12-14(11-17(22)23)19-20-18(21-25-19)13-5-3-2-4-6-13/h2-10,14H,11-12H2,1H3/t14-/m1/s1. The molecule has 2 aromatic carbocycles. The Bertz CT molecular complexity index is 874. The Labute approximate surface area is 145 Å². The summed E-state index contributed by atoms with van der Waals surface area (Å²) in [7, 11) is 1.62. The van der Waals surface area contributed by atoms with Crippen molar-refractivity contribution < 1.29 is 14.1 Å². The largest absolute Gasteiger partial charge is 0.497 e. The molecule has 0 bridgehead atoms. The quantitative estimate of drug-likeness (QED) is 0.732. The molecule has 126 valence electrons. The number of rotatable bonds is 4. The van der Waals surface area contributed by atoms with Crippen LogP contribution in [0.4, 0.5) is 5.69 Å². The van der Waals surface area contributed by atoms with Crippen LogP contribution in [0.3, 0.4) is 0 Å². The van der Waals surface area contributed by atoms with Gasteiger partial charge < -0.3 is 14.2 Å². The molecular weight excluding hydrogens is 318 g/mol. The molecule has 0 saturated carbocycles. The molecular formula is C19H17N3O3. The highest BCUT2D eigenvalue weighted by Gasteiger charge is 2.35. The first-order valence-corrected chi connectivity index (χ1v) is 8.08. The van der Waals surface area contributed by atoms with Crippen molar-refractivity contribution in [3.05, 3.63) is 60.5 Å². The van der Waals surface area contributed by atoms with E-state index in [1.165, 1.54) is 0 Å². The van der Waals surface area contributed by atoms with Crippen molar-refractivity contribution in [2.24, 2.45) is 0 Å². The van der Waals surface area contributed by atoms with E-state index in [2.05, 4.69) is 10.1 Å². The third-order valence-corrected chi connectivity index (χ3v) is 4.33. The number of ether oxygens (including phenoxy) is 1. The van der Waals surface area contributed by atoms with Crippen molar-refractivity contribution >= 4 is 11.6 Å². The fraction of sp³-hybridized carbons (Fsp3) is 0.211. The van der Waals surface area contributed by atoms with Gasteiger partial charge in [0.2, 0.25) is 17.6 Å². The van der Waals surface area contributed by atoms with E-state index in [0.29, 0.717) is 24.7 Å². The van der Waals surface area contributed by atoms with Crippen LogP contribution in [-0.2, 0) is 4.79 Å². The second-order valence-corrected chi connectivity index (χ2v) is 5.93. The maximum Gasteiger partial charge on any atom is 0.232 e. The van der Waals surface area contributed by atoms with Gasteiger partial charge in [0.15, 0.2) is 0 Å². The average Bonchev–Trinajstić information content (AvgIpc) is 3.29. The molecule has 6 nitrogen and oxygen atoms in total. The summed E-state index contributed by atoms with van der Waals surface area (Å²) in [5.41, 5.74) is 1.74. The number of benzene rings is 2. The molecule has 0 N–H and O–H groups in total. The zero-order chi connectivity index (χ0) is 17.2. The zero-order valence-electron chi connectivity index (χ0n) is 13.8. The summed E-state index contributed by atoms with van der Waals surface area (Å²) in [6.45, 7) is 0.529. The minimum Gasteiger partial charge on any atom is -0.497 e. The normalized spacial score (nSPS) is 17.1. The molecule has 1 amide bonds. The first kappa shape index (κ1) is 15.4. The maximum atomic E-state index is 12.4. The maximum absolute atomic E-state index is 12.4. The Morgan fingerprint density at radius 3 is 2.60 bits per heavy atom. The van der Waals surface area contributed by atoms with E-state index >= 15 is 0 Å². The Balaban J connectivity index is 1.53. The monoisotopic (exact) mass is 335 g/mol. The van der Waals surface area contributed by atoms with Gasteiger partial charge in [-0.05, 0) is 24.3 Å². The molecule has 0 radical (unpaired) electrons. The number of carbonyl (C=O) groups is 1. The third-order valence-electron chi connectivity index (χ3n) is 4.33. The Hall–Kier alpha value is -3.15. The van der Waals surface area contributed by atoms with Gasteiger partial charge in [0, 0.05) is 24.2 Å². The van der Waals surface area contributed by atoms with Crippen LogP contribution in [0, 0.1) is 0 Å². The Morgan fingerprint density at radius 1 is 1.12 bits per heavy atom. The predicted molar refractivity (Wildman–Crippen MR) is 92.4 cm³/mol. The lowest BCUT2D eigenvalue weighted by Gasteiger charge is -2.16. The molecule has 0 unspecified atom stereocenters. The summed E-state index contributed by atoms with van der Waals surface area (Å²) < 4.78 is 10.6. The topological polar surface area (TPSA) is 68.5 Å². The average molecular weight is 335 g/mol. The molecule has 1 aromatic heterocycles. The van der Waals surface area contributed by atoms with Crippen LogP contribution in [-0.4, -0.2) is 29.7 Å². The van der Waals surface area contributed by atoms with Crippen molar-refractivity contribution in [2.45, 2.75) is 12.3 Å². The molecule has 0 spiro atoms. The lowest BCUT2D eigenvalue weighted by molar-refractivity contribution is -0.117. The fourth-order valence-electron chi connectivity index (χ4n) is 2.99. The van der Waals surface area contributed by atoms with E-state index in [4.69, 9.17) is 9.26 Å². The number of nitrogens with zero attached hydrogens (tertiary/aromatic N) is 3. The second-order valence-electron chi connectivity index (χ2n) is 5.93. The minimum atomic E-state index is -0.0976. The molecule has 1 aliphatic heterocycles.